The molecule has 0 saturated carbocycles. The number of allylic oxidation sites excluding steroid dienone is 2. The van der Waals surface area contributed by atoms with Crippen LogP contribution in [0.4, 0.5) is 13.2 Å². The molecule has 1 aliphatic rings. The van der Waals surface area contributed by atoms with Crippen LogP contribution in [0.5, 0.6) is 0 Å². The van der Waals surface area contributed by atoms with Crippen molar-refractivity contribution in [3.63, 3.8) is 0 Å². The summed E-state index contributed by atoms with van der Waals surface area (Å²) in [4.78, 5) is 10.8. The largest absolute Gasteiger partial charge is 0.413 e. The molecule has 74 valence electrons. The molecule has 0 aliphatic heterocycles. The molecule has 0 spiro atoms. The molecule has 0 aromatic carbocycles. The average Bonchev–Trinajstić information content (AvgIpc) is 1.92. The van der Waals surface area contributed by atoms with Crippen molar-refractivity contribution in [2.75, 3.05) is 0 Å². The van der Waals surface area contributed by atoms with Gasteiger partial charge in [-0.2, -0.15) is 13.2 Å². The van der Waals surface area contributed by atoms with Gasteiger partial charge in [-0.1, -0.05) is 13.8 Å². The lowest BCUT2D eigenvalue weighted by Crippen LogP contribution is -2.31. The molecule has 0 aromatic rings. The summed E-state index contributed by atoms with van der Waals surface area (Å²) in [6, 6.07) is 0. The predicted molar refractivity (Wildman–Crippen MR) is 42.2 cm³/mol. The van der Waals surface area contributed by atoms with Gasteiger partial charge in [-0.05, 0) is 17.9 Å². The van der Waals surface area contributed by atoms with Crippen LogP contribution in [0.1, 0.15) is 26.7 Å². The number of hydrogen-bond donors (Lipinski definition) is 0. The summed E-state index contributed by atoms with van der Waals surface area (Å²) >= 11 is 0. The minimum absolute atomic E-state index is 0.215. The van der Waals surface area contributed by atoms with Crippen LogP contribution in [0.2, 0.25) is 0 Å². The third kappa shape index (κ3) is 2.11. The van der Waals surface area contributed by atoms with Gasteiger partial charge in [0.2, 0.25) is 0 Å². The van der Waals surface area contributed by atoms with Gasteiger partial charge in [-0.25, -0.2) is 0 Å². The molecule has 0 saturated heterocycles. The number of halogens is 3. The van der Waals surface area contributed by atoms with Crippen molar-refractivity contribution in [1.29, 1.82) is 0 Å². The summed E-state index contributed by atoms with van der Waals surface area (Å²) in [6.07, 6.45) is -3.15. The van der Waals surface area contributed by atoms with Gasteiger partial charge in [-0.15, -0.1) is 0 Å². The van der Waals surface area contributed by atoms with E-state index in [1.54, 1.807) is 0 Å². The minimum Gasteiger partial charge on any atom is -0.295 e. The Morgan fingerprint density at radius 3 is 2.31 bits per heavy atom. The van der Waals surface area contributed by atoms with Gasteiger partial charge < -0.3 is 0 Å². The molecule has 0 bridgehead atoms. The lowest BCUT2D eigenvalue weighted by Gasteiger charge is -2.32. The lowest BCUT2D eigenvalue weighted by atomic mass is 9.75. The summed E-state index contributed by atoms with van der Waals surface area (Å²) in [7, 11) is 0. The van der Waals surface area contributed by atoms with E-state index in [1.807, 2.05) is 0 Å². The second-order valence-electron chi connectivity index (χ2n) is 3.91. The number of rotatable bonds is 0. The van der Waals surface area contributed by atoms with E-state index in [4.69, 9.17) is 0 Å². The highest BCUT2D eigenvalue weighted by Gasteiger charge is 2.45. The maximum atomic E-state index is 12.4. The van der Waals surface area contributed by atoms with Crippen LogP contribution in [0.3, 0.4) is 0 Å². The number of hydrogen-bond acceptors (Lipinski definition) is 1. The first kappa shape index (κ1) is 10.3. The Balaban J connectivity index is 3.09. The Labute approximate surface area is 74.6 Å². The van der Waals surface area contributed by atoms with Crippen LogP contribution < -0.4 is 0 Å². The molecule has 0 atom stereocenters. The van der Waals surface area contributed by atoms with Gasteiger partial charge in [-0.3, -0.25) is 4.79 Å². The Morgan fingerprint density at radius 1 is 1.38 bits per heavy atom. The van der Waals surface area contributed by atoms with Crippen molar-refractivity contribution in [1.82, 2.24) is 0 Å². The first-order valence-electron chi connectivity index (χ1n) is 4.06. The Morgan fingerprint density at radius 2 is 1.92 bits per heavy atom. The average molecular weight is 192 g/mol. The molecule has 1 nitrogen and oxygen atoms in total. The smallest absolute Gasteiger partial charge is 0.295 e. The van der Waals surface area contributed by atoms with Gasteiger partial charge in [0, 0.05) is 12.0 Å². The summed E-state index contributed by atoms with van der Waals surface area (Å²) in [6.45, 7) is 3.03. The van der Waals surface area contributed by atoms with E-state index in [0.717, 1.165) is 6.08 Å². The first-order valence-corrected chi connectivity index (χ1v) is 4.06. The zero-order valence-corrected chi connectivity index (χ0v) is 7.53. The fourth-order valence-corrected chi connectivity index (χ4v) is 1.46. The topological polar surface area (TPSA) is 17.1 Å². The molecule has 0 fully saturated rings. The van der Waals surface area contributed by atoms with Crippen molar-refractivity contribution in [2.45, 2.75) is 32.9 Å². The van der Waals surface area contributed by atoms with Crippen LogP contribution >= 0.6 is 0 Å². The molecule has 1 rings (SSSR count). The standard InChI is InChI=1S/C9H11F3O/c1-8(2)4-3-6(13)5-7(8)9(10,11)12/h5H,3-4H2,1-2H3. The molecule has 1 aliphatic carbocycles. The third-order valence-electron chi connectivity index (χ3n) is 2.34. The maximum absolute atomic E-state index is 12.4. The van der Waals surface area contributed by atoms with E-state index in [0.29, 0.717) is 0 Å². The van der Waals surface area contributed by atoms with E-state index < -0.39 is 22.9 Å². The molecule has 4 heteroatoms. The van der Waals surface area contributed by atoms with Gasteiger partial charge in [0.05, 0.1) is 0 Å². The monoisotopic (exact) mass is 192 g/mol. The predicted octanol–water partition coefficient (Wildman–Crippen LogP) is 2.86. The Hall–Kier alpha value is -0.800. The normalized spacial score (nSPS) is 22.8. The van der Waals surface area contributed by atoms with Crippen molar-refractivity contribution >= 4 is 5.78 Å². The molecule has 0 aromatic heterocycles. The number of carbonyl (C=O) groups is 1. The molecule has 13 heavy (non-hydrogen) atoms. The van der Waals surface area contributed by atoms with Crippen LogP contribution in [0, 0.1) is 5.41 Å². The van der Waals surface area contributed by atoms with Crippen molar-refractivity contribution in [3.8, 4) is 0 Å². The van der Waals surface area contributed by atoms with Gasteiger partial charge >= 0.3 is 6.18 Å². The molecule has 0 radical (unpaired) electrons. The number of alkyl halides is 3. The summed E-state index contributed by atoms with van der Waals surface area (Å²) in [5.41, 5.74) is -1.62. The number of carbonyl (C=O) groups excluding carboxylic acids is 1. The highest BCUT2D eigenvalue weighted by atomic mass is 19.4. The second kappa shape index (κ2) is 2.86. The molecular weight excluding hydrogens is 181 g/mol. The molecule has 0 unspecified atom stereocenters. The zero-order chi connectivity index (χ0) is 10.3. The highest BCUT2D eigenvalue weighted by Crippen LogP contribution is 2.44. The third-order valence-corrected chi connectivity index (χ3v) is 2.34. The minimum atomic E-state index is -4.38. The van der Waals surface area contributed by atoms with E-state index >= 15 is 0 Å². The summed E-state index contributed by atoms with van der Waals surface area (Å²) in [5, 5.41) is 0. The van der Waals surface area contributed by atoms with Crippen molar-refractivity contribution in [3.05, 3.63) is 11.6 Å². The van der Waals surface area contributed by atoms with E-state index in [-0.39, 0.29) is 12.8 Å². The molecule has 0 N–H and O–H groups in total. The zero-order valence-electron chi connectivity index (χ0n) is 7.53. The van der Waals surface area contributed by atoms with Crippen molar-refractivity contribution < 1.29 is 18.0 Å². The van der Waals surface area contributed by atoms with Crippen LogP contribution in [-0.2, 0) is 4.79 Å². The van der Waals surface area contributed by atoms with Crippen LogP contribution in [0.25, 0.3) is 0 Å². The Bertz CT molecular complexity index is 261. The SMILES string of the molecule is CC1(C)CCC(=O)C=C1C(F)(F)F. The lowest BCUT2D eigenvalue weighted by molar-refractivity contribution is -0.122. The van der Waals surface area contributed by atoms with Gasteiger partial charge in [0.1, 0.15) is 0 Å². The summed E-state index contributed by atoms with van der Waals surface area (Å²) in [5.74, 6) is -0.424. The highest BCUT2D eigenvalue weighted by molar-refractivity contribution is 5.91. The quantitative estimate of drug-likeness (QED) is 0.576. The maximum Gasteiger partial charge on any atom is 0.413 e. The number of ketones is 1. The van der Waals surface area contributed by atoms with E-state index in [9.17, 15) is 18.0 Å². The molecule has 0 heterocycles. The molecular formula is C9H11F3O. The van der Waals surface area contributed by atoms with Crippen molar-refractivity contribution in [2.24, 2.45) is 5.41 Å². The van der Waals surface area contributed by atoms with E-state index in [1.165, 1.54) is 13.8 Å². The first-order chi connectivity index (χ1) is 5.73. The second-order valence-corrected chi connectivity index (χ2v) is 3.91. The van der Waals surface area contributed by atoms with Gasteiger partial charge in [0.25, 0.3) is 0 Å². The van der Waals surface area contributed by atoms with Gasteiger partial charge in [0.15, 0.2) is 5.78 Å². The molecule has 0 amide bonds. The van der Waals surface area contributed by atoms with E-state index in [2.05, 4.69) is 0 Å². The fraction of sp³-hybridized carbons (Fsp3) is 0.667. The van der Waals surface area contributed by atoms with Crippen LogP contribution in [-0.4, -0.2) is 12.0 Å². The Kier molecular flexibility index (Phi) is 2.26. The summed E-state index contributed by atoms with van der Waals surface area (Å²) < 4.78 is 37.2. The fourth-order valence-electron chi connectivity index (χ4n) is 1.46. The van der Waals surface area contributed by atoms with Crippen LogP contribution in [0.15, 0.2) is 11.6 Å².